The van der Waals surface area contributed by atoms with Crippen molar-refractivity contribution in [2.45, 2.75) is 58.4 Å². The van der Waals surface area contributed by atoms with Gasteiger partial charge in [0.2, 0.25) is 17.7 Å². The van der Waals surface area contributed by atoms with Gasteiger partial charge in [0.25, 0.3) is 0 Å². The molecule has 0 unspecified atom stereocenters. The van der Waals surface area contributed by atoms with Crippen LogP contribution in [0.3, 0.4) is 0 Å². The van der Waals surface area contributed by atoms with Crippen molar-refractivity contribution in [1.29, 1.82) is 0 Å². The zero-order chi connectivity index (χ0) is 17.3. The molecule has 1 aliphatic heterocycles. The Labute approximate surface area is 142 Å². The van der Waals surface area contributed by atoms with Gasteiger partial charge in [-0.3, -0.25) is 9.59 Å². The van der Waals surface area contributed by atoms with Gasteiger partial charge in [-0.05, 0) is 39.0 Å². The summed E-state index contributed by atoms with van der Waals surface area (Å²) in [5.74, 6) is 1.37. The summed E-state index contributed by atoms with van der Waals surface area (Å²) >= 11 is 0. The second-order valence-electron chi connectivity index (χ2n) is 7.52. The van der Waals surface area contributed by atoms with E-state index >= 15 is 0 Å². The van der Waals surface area contributed by atoms with Gasteiger partial charge in [-0.15, -0.1) is 0 Å². The molecule has 0 bridgehead atoms. The first-order valence-corrected chi connectivity index (χ1v) is 8.82. The van der Waals surface area contributed by atoms with Crippen LogP contribution < -0.4 is 5.32 Å². The predicted molar refractivity (Wildman–Crippen MR) is 86.9 cm³/mol. The second-order valence-corrected chi connectivity index (χ2v) is 7.52. The highest BCUT2D eigenvalue weighted by atomic mass is 16.5. The molecule has 0 spiro atoms. The number of nitrogens with zero attached hydrogens (tertiary/aromatic N) is 3. The van der Waals surface area contributed by atoms with Gasteiger partial charge in [-0.2, -0.15) is 4.98 Å². The van der Waals surface area contributed by atoms with Crippen molar-refractivity contribution in [1.82, 2.24) is 20.4 Å². The Hall–Kier alpha value is -1.92. The van der Waals surface area contributed by atoms with Gasteiger partial charge in [-0.25, -0.2) is 0 Å². The van der Waals surface area contributed by atoms with E-state index in [4.69, 9.17) is 4.52 Å². The largest absolute Gasteiger partial charge is 0.343 e. The third-order valence-corrected chi connectivity index (χ3v) is 4.69. The van der Waals surface area contributed by atoms with Gasteiger partial charge in [-0.1, -0.05) is 12.1 Å². The molecule has 2 amide bonds. The van der Waals surface area contributed by atoms with E-state index in [-0.39, 0.29) is 17.7 Å². The number of aryl methyl sites for hydroxylation is 1. The minimum Gasteiger partial charge on any atom is -0.343 e. The van der Waals surface area contributed by atoms with E-state index < -0.39 is 5.54 Å². The summed E-state index contributed by atoms with van der Waals surface area (Å²) in [6.45, 7) is 7.07. The maximum absolute atomic E-state index is 12.6. The summed E-state index contributed by atoms with van der Waals surface area (Å²) in [5.41, 5.74) is -0.723. The topological polar surface area (TPSA) is 88.3 Å². The van der Waals surface area contributed by atoms with Gasteiger partial charge >= 0.3 is 0 Å². The van der Waals surface area contributed by atoms with Crippen LogP contribution >= 0.6 is 0 Å². The molecule has 1 saturated carbocycles. The Balaban J connectivity index is 1.59. The third kappa shape index (κ3) is 3.76. The van der Waals surface area contributed by atoms with Gasteiger partial charge < -0.3 is 14.7 Å². The summed E-state index contributed by atoms with van der Waals surface area (Å²) < 4.78 is 5.21. The van der Waals surface area contributed by atoms with Gasteiger partial charge in [0, 0.05) is 25.9 Å². The van der Waals surface area contributed by atoms with Crippen molar-refractivity contribution < 1.29 is 14.1 Å². The molecular weight excluding hydrogens is 308 g/mol. The molecule has 1 aliphatic carbocycles. The molecule has 0 aromatic carbocycles. The van der Waals surface area contributed by atoms with Crippen LogP contribution in [-0.4, -0.2) is 39.9 Å². The molecule has 132 valence electrons. The van der Waals surface area contributed by atoms with Crippen LogP contribution in [0, 0.1) is 11.8 Å². The fourth-order valence-electron chi connectivity index (χ4n) is 3.03. The van der Waals surface area contributed by atoms with Crippen molar-refractivity contribution in [2.24, 2.45) is 11.8 Å². The van der Waals surface area contributed by atoms with Crippen LogP contribution in [0.5, 0.6) is 0 Å². The molecule has 2 aliphatic rings. The summed E-state index contributed by atoms with van der Waals surface area (Å²) in [5, 5.41) is 6.96. The average Bonchev–Trinajstić information content (AvgIpc) is 3.05. The fourth-order valence-corrected chi connectivity index (χ4v) is 3.03. The summed E-state index contributed by atoms with van der Waals surface area (Å²) in [7, 11) is 0. The number of nitrogens with one attached hydrogen (secondary N) is 1. The fraction of sp³-hybridized carbons (Fsp3) is 0.765. The third-order valence-electron chi connectivity index (χ3n) is 4.69. The number of carbonyl (C=O) groups is 2. The molecule has 2 fully saturated rings. The lowest BCUT2D eigenvalue weighted by Gasteiger charge is -2.24. The normalized spacial score (nSPS) is 21.4. The Morgan fingerprint density at radius 2 is 2.17 bits per heavy atom. The number of likely N-dealkylation sites (tertiary alicyclic amines) is 1. The van der Waals surface area contributed by atoms with Gasteiger partial charge in [0.1, 0.15) is 0 Å². The molecule has 0 radical (unpaired) electrons. The van der Waals surface area contributed by atoms with E-state index in [0.29, 0.717) is 30.6 Å². The highest BCUT2D eigenvalue weighted by Gasteiger charge is 2.39. The summed E-state index contributed by atoms with van der Waals surface area (Å²) in [4.78, 5) is 30.8. The first-order chi connectivity index (χ1) is 11.4. The minimum absolute atomic E-state index is 0.0876. The van der Waals surface area contributed by atoms with E-state index in [1.165, 1.54) is 12.8 Å². The van der Waals surface area contributed by atoms with Gasteiger partial charge in [0.05, 0.1) is 11.5 Å². The molecule has 1 atom stereocenters. The first-order valence-electron chi connectivity index (χ1n) is 8.82. The average molecular weight is 334 g/mol. The lowest BCUT2D eigenvalue weighted by molar-refractivity contribution is -0.129. The molecule has 2 heterocycles. The van der Waals surface area contributed by atoms with E-state index in [1.54, 1.807) is 0 Å². The van der Waals surface area contributed by atoms with Crippen LogP contribution in [0.25, 0.3) is 0 Å². The zero-order valence-corrected chi connectivity index (χ0v) is 14.7. The summed E-state index contributed by atoms with van der Waals surface area (Å²) in [6, 6.07) is 0. The minimum atomic E-state index is -0.723. The Kier molecular flexibility index (Phi) is 4.60. The van der Waals surface area contributed by atoms with E-state index in [0.717, 1.165) is 19.4 Å². The first kappa shape index (κ1) is 16.9. The van der Waals surface area contributed by atoms with Crippen LogP contribution in [0.4, 0.5) is 0 Å². The Morgan fingerprint density at radius 1 is 1.42 bits per heavy atom. The zero-order valence-electron chi connectivity index (χ0n) is 14.7. The van der Waals surface area contributed by atoms with Crippen LogP contribution in [0.2, 0.25) is 0 Å². The maximum atomic E-state index is 12.6. The number of rotatable bonds is 7. The molecule has 7 nitrogen and oxygen atoms in total. The second kappa shape index (κ2) is 6.53. The molecule has 7 heteroatoms. The van der Waals surface area contributed by atoms with E-state index in [2.05, 4.69) is 15.5 Å². The number of amides is 2. The molecular formula is C17H26N4O3. The Morgan fingerprint density at radius 3 is 2.83 bits per heavy atom. The smallest absolute Gasteiger partial charge is 0.226 e. The van der Waals surface area contributed by atoms with Crippen LogP contribution in [-0.2, 0) is 21.5 Å². The molecule has 1 saturated heterocycles. The maximum Gasteiger partial charge on any atom is 0.226 e. The number of hydrogen-bond donors (Lipinski definition) is 1. The lowest BCUT2D eigenvalue weighted by Crippen LogP contribution is -2.45. The van der Waals surface area contributed by atoms with Crippen molar-refractivity contribution in [3.63, 3.8) is 0 Å². The van der Waals surface area contributed by atoms with Gasteiger partial charge in [0.15, 0.2) is 5.82 Å². The van der Waals surface area contributed by atoms with E-state index in [1.807, 2.05) is 25.7 Å². The standard InChI is InChI=1S/C17H26N4O3/c1-4-5-13-18-16(20-24-13)17(2,3)19-15(23)12-8-14(22)21(10-12)9-11-6-7-11/h11-12H,4-10H2,1-3H3,(H,19,23)/t12-/m0/s1. The van der Waals surface area contributed by atoms with Crippen molar-refractivity contribution in [2.75, 3.05) is 13.1 Å². The predicted octanol–water partition coefficient (Wildman–Crippen LogP) is 1.63. The van der Waals surface area contributed by atoms with Crippen LogP contribution in [0.1, 0.15) is 58.2 Å². The highest BCUT2D eigenvalue weighted by Crippen LogP contribution is 2.32. The SMILES string of the molecule is CCCc1nc(C(C)(C)NC(=O)[C@H]2CC(=O)N(CC3CC3)C2)no1. The molecule has 3 rings (SSSR count). The lowest BCUT2D eigenvalue weighted by atomic mass is 10.0. The molecule has 1 aromatic rings. The quantitative estimate of drug-likeness (QED) is 0.819. The molecule has 1 N–H and O–H groups in total. The highest BCUT2D eigenvalue weighted by molar-refractivity contribution is 5.89. The van der Waals surface area contributed by atoms with Crippen molar-refractivity contribution in [3.05, 3.63) is 11.7 Å². The monoisotopic (exact) mass is 334 g/mol. The van der Waals surface area contributed by atoms with Crippen molar-refractivity contribution in [3.8, 4) is 0 Å². The Bertz CT molecular complexity index is 621. The van der Waals surface area contributed by atoms with E-state index in [9.17, 15) is 9.59 Å². The van der Waals surface area contributed by atoms with Crippen LogP contribution in [0.15, 0.2) is 4.52 Å². The molecule has 1 aromatic heterocycles. The molecule has 24 heavy (non-hydrogen) atoms. The number of aromatic nitrogens is 2. The van der Waals surface area contributed by atoms with Crippen molar-refractivity contribution >= 4 is 11.8 Å². The number of carbonyl (C=O) groups excluding carboxylic acids is 2. The number of hydrogen-bond acceptors (Lipinski definition) is 5. The summed E-state index contributed by atoms with van der Waals surface area (Å²) in [6.07, 6.45) is 4.35.